The highest BCUT2D eigenvalue weighted by atomic mass is 32.2. The van der Waals surface area contributed by atoms with Crippen LogP contribution in [0.1, 0.15) is 54.4 Å². The molecule has 1 N–H and O–H groups in total. The summed E-state index contributed by atoms with van der Waals surface area (Å²) >= 11 is 0. The van der Waals surface area contributed by atoms with Gasteiger partial charge in [-0.15, -0.1) is 0 Å². The lowest BCUT2D eigenvalue weighted by Crippen LogP contribution is -2.25. The largest absolute Gasteiger partial charge is 0.212 e. The Morgan fingerprint density at radius 3 is 2.65 bits per heavy atom. The molecular weight excluding hydrogens is 349 g/mol. The molecule has 0 saturated heterocycles. The van der Waals surface area contributed by atoms with Gasteiger partial charge in [0.1, 0.15) is 5.82 Å². The molecule has 0 heterocycles. The number of sulfonamides is 1. The van der Waals surface area contributed by atoms with Gasteiger partial charge >= 0.3 is 0 Å². The molecule has 3 rings (SSSR count). The Labute approximate surface area is 155 Å². The van der Waals surface area contributed by atoms with Gasteiger partial charge in [0.05, 0.1) is 5.75 Å². The minimum Gasteiger partial charge on any atom is -0.212 e. The molecule has 0 spiro atoms. The van der Waals surface area contributed by atoms with E-state index in [-0.39, 0.29) is 18.1 Å². The molecule has 0 radical (unpaired) electrons. The minimum absolute atomic E-state index is 0.00378. The van der Waals surface area contributed by atoms with Crippen molar-refractivity contribution in [2.75, 3.05) is 5.75 Å². The normalized spacial score (nSPS) is 17.5. The maximum atomic E-state index is 14.5. The topological polar surface area (TPSA) is 46.2 Å². The summed E-state index contributed by atoms with van der Waals surface area (Å²) in [6.07, 6.45) is 5.09. The van der Waals surface area contributed by atoms with Gasteiger partial charge in [-0.1, -0.05) is 42.8 Å². The molecule has 1 aliphatic rings. The second-order valence-electron chi connectivity index (χ2n) is 7.00. The maximum absolute atomic E-state index is 14.5. The lowest BCUT2D eigenvalue weighted by molar-refractivity contribution is 0.572. The second-order valence-corrected chi connectivity index (χ2v) is 9.09. The molecular formula is C21H26FNO2S. The number of aryl methyl sites for hydroxylation is 1. The molecule has 26 heavy (non-hydrogen) atoms. The van der Waals surface area contributed by atoms with Crippen LogP contribution in [0.5, 0.6) is 0 Å². The van der Waals surface area contributed by atoms with Crippen LogP contribution >= 0.6 is 0 Å². The van der Waals surface area contributed by atoms with Gasteiger partial charge in [0, 0.05) is 12.1 Å². The van der Waals surface area contributed by atoms with Gasteiger partial charge in [0.25, 0.3) is 0 Å². The fourth-order valence-corrected chi connectivity index (χ4v) is 4.25. The van der Waals surface area contributed by atoms with Crippen molar-refractivity contribution >= 4 is 10.0 Å². The van der Waals surface area contributed by atoms with Crippen molar-refractivity contribution in [2.24, 2.45) is 0 Å². The molecule has 0 bridgehead atoms. The Morgan fingerprint density at radius 2 is 1.92 bits per heavy atom. The predicted octanol–water partition coefficient (Wildman–Crippen LogP) is 4.32. The molecule has 2 aromatic rings. The van der Waals surface area contributed by atoms with Gasteiger partial charge in [0.15, 0.2) is 0 Å². The van der Waals surface area contributed by atoms with E-state index < -0.39 is 10.0 Å². The van der Waals surface area contributed by atoms with E-state index in [1.165, 1.54) is 11.1 Å². The Bertz CT molecular complexity index is 850. The molecule has 2 aromatic carbocycles. The number of benzene rings is 2. The fraction of sp³-hybridized carbons (Fsp3) is 0.429. The number of nitrogens with one attached hydrogen (secondary N) is 1. The van der Waals surface area contributed by atoms with Crippen LogP contribution in [-0.4, -0.2) is 14.2 Å². The van der Waals surface area contributed by atoms with E-state index in [9.17, 15) is 12.8 Å². The lowest BCUT2D eigenvalue weighted by Gasteiger charge is -2.20. The van der Waals surface area contributed by atoms with E-state index >= 15 is 0 Å². The lowest BCUT2D eigenvalue weighted by atomic mass is 9.86. The SMILES string of the molecule is CCS(=O)(=O)NCc1cc2c(cc1F)CCCCC2Cc1ccccc1. The Morgan fingerprint density at radius 1 is 1.15 bits per heavy atom. The summed E-state index contributed by atoms with van der Waals surface area (Å²) in [5, 5.41) is 0. The van der Waals surface area contributed by atoms with Gasteiger partial charge in [0.2, 0.25) is 10.0 Å². The van der Waals surface area contributed by atoms with Crippen molar-refractivity contribution in [2.45, 2.75) is 51.5 Å². The van der Waals surface area contributed by atoms with Gasteiger partial charge in [-0.25, -0.2) is 17.5 Å². The predicted molar refractivity (Wildman–Crippen MR) is 103 cm³/mol. The van der Waals surface area contributed by atoms with Crippen LogP contribution in [0.15, 0.2) is 42.5 Å². The monoisotopic (exact) mass is 375 g/mol. The molecule has 0 saturated carbocycles. The van der Waals surface area contributed by atoms with Crippen LogP contribution < -0.4 is 4.72 Å². The molecule has 5 heteroatoms. The molecule has 140 valence electrons. The number of rotatable bonds is 6. The summed E-state index contributed by atoms with van der Waals surface area (Å²) in [6.45, 7) is 1.58. The Hall–Kier alpha value is -1.72. The zero-order valence-electron chi connectivity index (χ0n) is 15.2. The van der Waals surface area contributed by atoms with Crippen molar-refractivity contribution in [3.8, 4) is 0 Å². The summed E-state index contributed by atoms with van der Waals surface area (Å²) in [7, 11) is -3.34. The first-order valence-corrected chi connectivity index (χ1v) is 11.0. The van der Waals surface area contributed by atoms with Gasteiger partial charge < -0.3 is 0 Å². The highest BCUT2D eigenvalue weighted by Gasteiger charge is 2.22. The third kappa shape index (κ3) is 4.71. The van der Waals surface area contributed by atoms with Crippen LogP contribution in [0.3, 0.4) is 0 Å². The first-order valence-electron chi connectivity index (χ1n) is 9.31. The Balaban J connectivity index is 1.89. The van der Waals surface area contributed by atoms with Gasteiger partial charge in [-0.2, -0.15) is 0 Å². The summed E-state index contributed by atoms with van der Waals surface area (Å²) in [6, 6.07) is 13.9. The first-order chi connectivity index (χ1) is 12.5. The van der Waals surface area contributed by atoms with E-state index in [2.05, 4.69) is 16.9 Å². The van der Waals surface area contributed by atoms with E-state index in [0.717, 1.165) is 37.7 Å². The average molecular weight is 376 g/mol. The summed E-state index contributed by atoms with van der Waals surface area (Å²) in [5.41, 5.74) is 3.96. The van der Waals surface area contributed by atoms with E-state index in [0.29, 0.717) is 11.5 Å². The standard InChI is InChI=1S/C21H26FNO2S/c1-2-26(24,25)23-15-19-13-20-17(12-16-8-4-3-5-9-16)10-6-7-11-18(20)14-21(19)22/h3-5,8-9,13-14,17,23H,2,6-7,10-12,15H2,1H3. The van der Waals surface area contributed by atoms with Crippen LogP contribution in [-0.2, 0) is 29.4 Å². The number of fused-ring (bicyclic) bond motifs is 1. The Kier molecular flexibility index (Phi) is 6.09. The highest BCUT2D eigenvalue weighted by molar-refractivity contribution is 7.89. The smallest absolute Gasteiger partial charge is 0.211 e. The minimum atomic E-state index is -3.34. The van der Waals surface area contributed by atoms with Crippen molar-refractivity contribution in [3.63, 3.8) is 0 Å². The quantitative estimate of drug-likeness (QED) is 0.765. The molecule has 1 unspecified atom stereocenters. The van der Waals surface area contributed by atoms with Crippen molar-refractivity contribution in [3.05, 3.63) is 70.5 Å². The number of halogens is 1. The molecule has 0 fully saturated rings. The summed E-state index contributed by atoms with van der Waals surface area (Å²) < 4.78 is 40.4. The summed E-state index contributed by atoms with van der Waals surface area (Å²) in [5.74, 6) is 0.0240. The van der Waals surface area contributed by atoms with Gasteiger partial charge in [-0.3, -0.25) is 0 Å². The molecule has 0 aromatic heterocycles. The van der Waals surface area contributed by atoms with Crippen molar-refractivity contribution in [1.82, 2.24) is 4.72 Å². The van der Waals surface area contributed by atoms with E-state index in [1.54, 1.807) is 13.0 Å². The van der Waals surface area contributed by atoms with Crippen LogP contribution in [0.2, 0.25) is 0 Å². The van der Waals surface area contributed by atoms with Crippen molar-refractivity contribution < 1.29 is 12.8 Å². The molecule has 0 amide bonds. The van der Waals surface area contributed by atoms with Crippen LogP contribution in [0, 0.1) is 5.82 Å². The summed E-state index contributed by atoms with van der Waals surface area (Å²) in [4.78, 5) is 0. The first kappa shape index (κ1) is 19.1. The van der Waals surface area contributed by atoms with E-state index in [1.807, 2.05) is 24.3 Å². The molecule has 1 atom stereocenters. The second kappa shape index (κ2) is 8.31. The number of hydrogen-bond donors (Lipinski definition) is 1. The zero-order chi connectivity index (χ0) is 18.6. The third-order valence-electron chi connectivity index (χ3n) is 5.18. The van der Waals surface area contributed by atoms with Gasteiger partial charge in [-0.05, 0) is 61.3 Å². The zero-order valence-corrected chi connectivity index (χ0v) is 16.0. The fourth-order valence-electron chi connectivity index (χ4n) is 3.67. The average Bonchev–Trinajstić information content (AvgIpc) is 2.82. The highest BCUT2D eigenvalue weighted by Crippen LogP contribution is 2.34. The van der Waals surface area contributed by atoms with Crippen LogP contribution in [0.4, 0.5) is 4.39 Å². The molecule has 3 nitrogen and oxygen atoms in total. The molecule has 1 aliphatic carbocycles. The number of hydrogen-bond acceptors (Lipinski definition) is 2. The molecule has 0 aliphatic heterocycles. The third-order valence-corrected chi connectivity index (χ3v) is 6.53. The van der Waals surface area contributed by atoms with Crippen LogP contribution in [0.25, 0.3) is 0 Å². The van der Waals surface area contributed by atoms with Crippen molar-refractivity contribution in [1.29, 1.82) is 0 Å². The van der Waals surface area contributed by atoms with E-state index in [4.69, 9.17) is 0 Å². The maximum Gasteiger partial charge on any atom is 0.211 e.